The van der Waals surface area contributed by atoms with Crippen molar-refractivity contribution in [3.05, 3.63) is 28.8 Å². The highest BCUT2D eigenvalue weighted by atomic mass is 32.2. The van der Waals surface area contributed by atoms with Crippen molar-refractivity contribution in [2.75, 3.05) is 0 Å². The number of rotatable bonds is 5. The number of allylic oxidation sites excluding steroid dienone is 2. The third kappa shape index (κ3) is 3.28. The lowest BCUT2D eigenvalue weighted by Crippen LogP contribution is -2.38. The highest BCUT2D eigenvalue weighted by molar-refractivity contribution is 7.98. The molecule has 0 saturated heterocycles. The van der Waals surface area contributed by atoms with Gasteiger partial charge in [-0.2, -0.15) is 18.2 Å². The number of halogens is 3. The first-order valence-corrected chi connectivity index (χ1v) is 8.50. The molecule has 1 aliphatic carbocycles. The lowest BCUT2D eigenvalue weighted by Gasteiger charge is -2.19. The summed E-state index contributed by atoms with van der Waals surface area (Å²) in [5.74, 6) is -1.82. The van der Waals surface area contributed by atoms with E-state index >= 15 is 0 Å². The number of nitrogens with one attached hydrogen (secondary N) is 1. The number of carbonyl (C=O) groups is 1. The van der Waals surface area contributed by atoms with Gasteiger partial charge in [0.05, 0.1) is 21.7 Å². The van der Waals surface area contributed by atoms with Crippen LogP contribution in [0.5, 0.6) is 0 Å². The summed E-state index contributed by atoms with van der Waals surface area (Å²) in [6, 6.07) is -0.388. The van der Waals surface area contributed by atoms with Crippen LogP contribution in [0.2, 0.25) is 0 Å². The smallest absolute Gasteiger partial charge is 0.348 e. The van der Waals surface area contributed by atoms with Gasteiger partial charge in [-0.1, -0.05) is 12.1 Å². The molecule has 1 aromatic heterocycles. The summed E-state index contributed by atoms with van der Waals surface area (Å²) >= 11 is 0. The molecule has 0 radical (unpaired) electrons. The van der Waals surface area contributed by atoms with Gasteiger partial charge in [-0.3, -0.25) is 4.79 Å². The molecule has 2 unspecified atom stereocenters. The zero-order valence-corrected chi connectivity index (χ0v) is 13.4. The minimum atomic E-state index is -4.76. The minimum absolute atomic E-state index is 0.0423. The quantitative estimate of drug-likeness (QED) is 0.870. The summed E-state index contributed by atoms with van der Waals surface area (Å²) in [4.78, 5) is 15.4. The van der Waals surface area contributed by atoms with Gasteiger partial charge in [-0.15, -0.1) is 0 Å². The Morgan fingerprint density at radius 2 is 2.17 bits per heavy atom. The lowest BCUT2D eigenvalue weighted by atomic mass is 10.1. The normalized spacial score (nSPS) is 22.1. The van der Waals surface area contributed by atoms with E-state index in [1.807, 2.05) is 0 Å². The molecule has 0 bridgehead atoms. The van der Waals surface area contributed by atoms with Gasteiger partial charge in [-0.25, -0.2) is 4.21 Å². The highest BCUT2D eigenvalue weighted by Crippen LogP contribution is 2.40. The molecular formula is C14H14F3N3O3S. The molecule has 2 aliphatic rings. The van der Waals surface area contributed by atoms with Crippen molar-refractivity contribution in [2.45, 2.75) is 38.4 Å². The fourth-order valence-electron chi connectivity index (χ4n) is 2.35. The molecule has 2 atom stereocenters. The molecule has 1 saturated carbocycles. The fourth-order valence-corrected chi connectivity index (χ4v) is 3.72. The average molecular weight is 361 g/mol. The maximum absolute atomic E-state index is 12.6. The molecule has 6 nitrogen and oxygen atoms in total. The van der Waals surface area contributed by atoms with Crippen molar-refractivity contribution in [3.63, 3.8) is 0 Å². The Bertz CT molecular complexity index is 750. The summed E-state index contributed by atoms with van der Waals surface area (Å²) in [5, 5.41) is 6.08. The van der Waals surface area contributed by atoms with E-state index in [9.17, 15) is 22.2 Å². The van der Waals surface area contributed by atoms with Crippen LogP contribution in [0.25, 0.3) is 4.91 Å². The van der Waals surface area contributed by atoms with Crippen LogP contribution in [0, 0.1) is 5.92 Å². The van der Waals surface area contributed by atoms with Crippen LogP contribution in [-0.4, -0.2) is 26.3 Å². The maximum atomic E-state index is 12.6. The predicted octanol–water partition coefficient (Wildman–Crippen LogP) is 2.38. The van der Waals surface area contributed by atoms with E-state index in [0.29, 0.717) is 11.3 Å². The zero-order chi connectivity index (χ0) is 17.5. The monoisotopic (exact) mass is 361 g/mol. The molecule has 130 valence electrons. The van der Waals surface area contributed by atoms with E-state index < -0.39 is 22.9 Å². The van der Waals surface area contributed by atoms with Gasteiger partial charge in [0.2, 0.25) is 11.7 Å². The Hall–Kier alpha value is -1.97. The summed E-state index contributed by atoms with van der Waals surface area (Å²) in [6.45, 7) is 1.71. The number of hydrogen-bond acceptors (Lipinski definition) is 5. The Labute approximate surface area is 137 Å². The minimum Gasteiger partial charge on any atom is -0.348 e. The van der Waals surface area contributed by atoms with Crippen molar-refractivity contribution in [1.29, 1.82) is 0 Å². The van der Waals surface area contributed by atoms with E-state index in [1.54, 1.807) is 13.0 Å². The molecule has 0 spiro atoms. The van der Waals surface area contributed by atoms with Crippen LogP contribution in [0.1, 0.15) is 37.9 Å². The molecule has 3 rings (SSSR count). The van der Waals surface area contributed by atoms with E-state index in [4.69, 9.17) is 0 Å². The zero-order valence-electron chi connectivity index (χ0n) is 12.6. The second kappa shape index (κ2) is 6.15. The van der Waals surface area contributed by atoms with Gasteiger partial charge in [0.25, 0.3) is 0 Å². The first-order valence-electron chi connectivity index (χ1n) is 7.35. The van der Waals surface area contributed by atoms with Crippen molar-refractivity contribution in [1.82, 2.24) is 15.5 Å². The van der Waals surface area contributed by atoms with Crippen molar-refractivity contribution in [3.8, 4) is 0 Å². The van der Waals surface area contributed by atoms with Crippen LogP contribution < -0.4 is 5.32 Å². The van der Waals surface area contributed by atoms with Gasteiger partial charge >= 0.3 is 12.1 Å². The van der Waals surface area contributed by atoms with Crippen LogP contribution in [0.15, 0.2) is 21.6 Å². The van der Waals surface area contributed by atoms with Gasteiger partial charge in [0.1, 0.15) is 0 Å². The molecule has 24 heavy (non-hydrogen) atoms. The second-order valence-electron chi connectivity index (χ2n) is 5.53. The third-order valence-corrected chi connectivity index (χ3v) is 5.28. The van der Waals surface area contributed by atoms with Crippen molar-refractivity contribution in [2.24, 2.45) is 5.92 Å². The number of nitrogens with zero attached hydrogens (tertiary/aromatic N) is 2. The standard InChI is InChI=1S/C14H14F3N3O3S/c1-2-10(21)18-11(7-3-4-7)8-5-6-9(24(8)22)12-19-13(23-20-12)14(15,16)17/h5-7,11H,2-4H2,1H3,(H,18,21). The van der Waals surface area contributed by atoms with E-state index in [2.05, 4.69) is 20.0 Å². The number of hydrogen-bond donors (Lipinski definition) is 1. The van der Waals surface area contributed by atoms with Crippen molar-refractivity contribution >= 4 is 21.6 Å². The lowest BCUT2D eigenvalue weighted by molar-refractivity contribution is -0.159. The predicted molar refractivity (Wildman–Crippen MR) is 78.4 cm³/mol. The Kier molecular flexibility index (Phi) is 4.33. The van der Waals surface area contributed by atoms with Gasteiger partial charge in [-0.05, 0) is 30.9 Å². The summed E-state index contributed by atoms with van der Waals surface area (Å²) in [5.41, 5.74) is 0. The molecule has 1 fully saturated rings. The topological polar surface area (TPSA) is 85.1 Å². The number of alkyl halides is 3. The Balaban J connectivity index is 1.78. The third-order valence-electron chi connectivity index (χ3n) is 3.74. The molecule has 0 aromatic carbocycles. The average Bonchev–Trinajstić information content (AvgIpc) is 3.11. The van der Waals surface area contributed by atoms with Gasteiger partial charge < -0.3 is 9.84 Å². The van der Waals surface area contributed by atoms with Crippen LogP contribution in [0.3, 0.4) is 0 Å². The van der Waals surface area contributed by atoms with E-state index in [0.717, 1.165) is 12.8 Å². The summed E-state index contributed by atoms with van der Waals surface area (Å²) in [7, 11) is -1.74. The van der Waals surface area contributed by atoms with Gasteiger partial charge in [0.15, 0.2) is 0 Å². The largest absolute Gasteiger partial charge is 0.471 e. The number of carbonyl (C=O) groups excluding carboxylic acids is 1. The van der Waals surface area contributed by atoms with Gasteiger partial charge in [0, 0.05) is 11.3 Å². The second-order valence-corrected chi connectivity index (χ2v) is 6.97. The first kappa shape index (κ1) is 16.9. The maximum Gasteiger partial charge on any atom is 0.471 e. The Morgan fingerprint density at radius 3 is 2.71 bits per heavy atom. The van der Waals surface area contributed by atoms with Crippen LogP contribution in [0.4, 0.5) is 13.2 Å². The highest BCUT2D eigenvalue weighted by Gasteiger charge is 2.41. The molecule has 2 heterocycles. The van der Waals surface area contributed by atoms with Crippen LogP contribution in [-0.2, 0) is 21.8 Å². The molecule has 1 aliphatic heterocycles. The summed E-state index contributed by atoms with van der Waals surface area (Å²) in [6.07, 6.45) is 0.298. The van der Waals surface area contributed by atoms with E-state index in [1.165, 1.54) is 6.08 Å². The summed E-state index contributed by atoms with van der Waals surface area (Å²) < 4.78 is 54.4. The Morgan fingerprint density at radius 1 is 1.46 bits per heavy atom. The molecular weight excluding hydrogens is 347 g/mol. The fraction of sp³-hybridized carbons (Fsp3) is 0.500. The molecule has 1 N–H and O–H groups in total. The number of amides is 1. The van der Waals surface area contributed by atoms with E-state index in [-0.39, 0.29) is 28.6 Å². The van der Waals surface area contributed by atoms with Crippen molar-refractivity contribution < 1.29 is 26.7 Å². The first-order chi connectivity index (χ1) is 11.3. The molecule has 10 heteroatoms. The SMILES string of the molecule is CCC(=O)NC(C1=CC=C(c2noc(C(F)(F)F)n2)S1=O)C1CC1. The molecule has 1 aromatic rings. The number of aromatic nitrogens is 2. The van der Waals surface area contributed by atoms with Crippen LogP contribution >= 0.6 is 0 Å². The molecule has 1 amide bonds.